The van der Waals surface area contributed by atoms with Gasteiger partial charge >= 0.3 is 6.03 Å². The fraction of sp³-hybridized carbons (Fsp3) is 0.333. The van der Waals surface area contributed by atoms with Gasteiger partial charge in [0.15, 0.2) is 0 Å². The Labute approximate surface area is 181 Å². The first-order valence-electron chi connectivity index (χ1n) is 11.0. The van der Waals surface area contributed by atoms with E-state index in [1.54, 1.807) is 12.1 Å². The molecule has 2 aliphatic rings. The number of aromatic amines is 1. The summed E-state index contributed by atoms with van der Waals surface area (Å²) in [7, 11) is 0. The molecule has 7 nitrogen and oxygen atoms in total. The summed E-state index contributed by atoms with van der Waals surface area (Å²) < 4.78 is 0. The Morgan fingerprint density at radius 3 is 2.77 bits per heavy atom. The zero-order chi connectivity index (χ0) is 21.4. The van der Waals surface area contributed by atoms with E-state index in [4.69, 9.17) is 0 Å². The quantitative estimate of drug-likeness (QED) is 0.510. The van der Waals surface area contributed by atoms with Crippen molar-refractivity contribution >= 4 is 28.5 Å². The minimum atomic E-state index is -0.257. The highest BCUT2D eigenvalue weighted by Crippen LogP contribution is 2.38. The highest BCUT2D eigenvalue weighted by molar-refractivity contribution is 6.02. The second kappa shape index (κ2) is 8.07. The standard InChI is InChI=1S/C24H27N5O2/c1-2-25-24(31)26-15-9-10-16-18(13-15)22(28-23(16)30)21-17-7-3-4-8-19(17)27-20(21)14-29-11-5-6-12-29/h3-4,7-10,13,22,27H,2,5-6,11-12,14H2,1H3,(H,28,30)(H2,25,26,31). The van der Waals surface area contributed by atoms with Crippen LogP contribution in [0.5, 0.6) is 0 Å². The smallest absolute Gasteiger partial charge is 0.319 e. The van der Waals surface area contributed by atoms with Crippen molar-refractivity contribution in [2.45, 2.75) is 32.4 Å². The first-order chi connectivity index (χ1) is 15.1. The maximum absolute atomic E-state index is 12.8. The second-order valence-electron chi connectivity index (χ2n) is 8.24. The number of hydrogen-bond acceptors (Lipinski definition) is 3. The Morgan fingerprint density at radius 1 is 1.16 bits per heavy atom. The minimum absolute atomic E-state index is 0.0815. The highest BCUT2D eigenvalue weighted by Gasteiger charge is 2.34. The van der Waals surface area contributed by atoms with Gasteiger partial charge in [-0.25, -0.2) is 4.79 Å². The summed E-state index contributed by atoms with van der Waals surface area (Å²) in [6, 6.07) is 13.2. The van der Waals surface area contributed by atoms with E-state index >= 15 is 0 Å². The number of anilines is 1. The Hall–Kier alpha value is -3.32. The van der Waals surface area contributed by atoms with Crippen LogP contribution in [0.2, 0.25) is 0 Å². The third-order valence-electron chi connectivity index (χ3n) is 6.17. The maximum Gasteiger partial charge on any atom is 0.319 e. The van der Waals surface area contributed by atoms with Gasteiger partial charge in [0.1, 0.15) is 0 Å². The number of nitrogens with one attached hydrogen (secondary N) is 4. The van der Waals surface area contributed by atoms with Crippen LogP contribution in [0.25, 0.3) is 10.9 Å². The van der Waals surface area contributed by atoms with Crippen LogP contribution < -0.4 is 16.0 Å². The third-order valence-corrected chi connectivity index (χ3v) is 6.17. The van der Waals surface area contributed by atoms with Crippen molar-refractivity contribution in [3.63, 3.8) is 0 Å². The van der Waals surface area contributed by atoms with Crippen LogP contribution in [0.1, 0.15) is 53.0 Å². The summed E-state index contributed by atoms with van der Waals surface area (Å²) in [5, 5.41) is 9.90. The monoisotopic (exact) mass is 417 g/mol. The maximum atomic E-state index is 12.8. The van der Waals surface area contributed by atoms with Crippen LogP contribution in [0.15, 0.2) is 42.5 Å². The molecule has 1 aromatic heterocycles. The number of hydrogen-bond donors (Lipinski definition) is 4. The SMILES string of the molecule is CCNC(=O)Nc1ccc2c(c1)C(c1c(CN3CCCC3)[nH]c3ccccc13)NC2=O. The highest BCUT2D eigenvalue weighted by atomic mass is 16.2. The zero-order valence-corrected chi connectivity index (χ0v) is 17.6. The number of urea groups is 1. The third kappa shape index (κ3) is 3.65. The van der Waals surface area contributed by atoms with Crippen LogP contribution >= 0.6 is 0 Å². The molecule has 5 rings (SSSR count). The molecule has 160 valence electrons. The molecule has 4 N–H and O–H groups in total. The topological polar surface area (TPSA) is 89.3 Å². The van der Waals surface area contributed by atoms with Gasteiger partial charge in [-0.3, -0.25) is 9.69 Å². The second-order valence-corrected chi connectivity index (χ2v) is 8.24. The molecule has 1 unspecified atom stereocenters. The fourth-order valence-corrected chi connectivity index (χ4v) is 4.77. The van der Waals surface area contributed by atoms with Crippen molar-refractivity contribution in [1.82, 2.24) is 20.5 Å². The Bertz CT molecular complexity index is 1150. The largest absolute Gasteiger partial charge is 0.357 e. The number of aromatic nitrogens is 1. The number of fused-ring (bicyclic) bond motifs is 2. The van der Waals surface area contributed by atoms with Gasteiger partial charge in [-0.15, -0.1) is 0 Å². The molecular weight excluding hydrogens is 390 g/mol. The lowest BCUT2D eigenvalue weighted by atomic mass is 9.95. The average Bonchev–Trinajstić information content (AvgIpc) is 3.46. The van der Waals surface area contributed by atoms with E-state index in [0.717, 1.165) is 47.4 Å². The number of carbonyl (C=O) groups is 2. The van der Waals surface area contributed by atoms with Crippen molar-refractivity contribution in [2.75, 3.05) is 25.0 Å². The van der Waals surface area contributed by atoms with Crippen molar-refractivity contribution in [1.29, 1.82) is 0 Å². The summed E-state index contributed by atoms with van der Waals surface area (Å²) in [6.45, 7) is 5.46. The molecule has 3 aromatic rings. The molecule has 0 radical (unpaired) electrons. The molecule has 2 aromatic carbocycles. The number of para-hydroxylation sites is 1. The molecule has 31 heavy (non-hydrogen) atoms. The summed E-state index contributed by atoms with van der Waals surface area (Å²) >= 11 is 0. The van der Waals surface area contributed by atoms with Gasteiger partial charge in [-0.1, -0.05) is 18.2 Å². The molecular formula is C24H27N5O2. The van der Waals surface area contributed by atoms with Crippen molar-refractivity contribution in [3.05, 3.63) is 64.8 Å². The Balaban J connectivity index is 1.56. The molecule has 0 spiro atoms. The van der Waals surface area contributed by atoms with Gasteiger partial charge in [0.05, 0.1) is 6.04 Å². The van der Waals surface area contributed by atoms with Gasteiger partial charge in [-0.05, 0) is 62.7 Å². The molecule has 1 saturated heterocycles. The number of rotatable bonds is 5. The van der Waals surface area contributed by atoms with Crippen LogP contribution in [-0.2, 0) is 6.54 Å². The van der Waals surface area contributed by atoms with E-state index in [2.05, 4.69) is 38.0 Å². The number of likely N-dealkylation sites (tertiary alicyclic amines) is 1. The first kappa shape index (κ1) is 19.6. The number of carbonyl (C=O) groups excluding carboxylic acids is 2. The molecule has 0 bridgehead atoms. The van der Waals surface area contributed by atoms with Gasteiger partial charge in [0.25, 0.3) is 5.91 Å². The van der Waals surface area contributed by atoms with E-state index in [0.29, 0.717) is 17.8 Å². The van der Waals surface area contributed by atoms with Crippen LogP contribution in [-0.4, -0.2) is 41.5 Å². The van der Waals surface area contributed by atoms with Crippen LogP contribution in [0.4, 0.5) is 10.5 Å². The summed E-state index contributed by atoms with van der Waals surface area (Å²) in [5.74, 6) is -0.0815. The van der Waals surface area contributed by atoms with Gasteiger partial charge in [0.2, 0.25) is 0 Å². The van der Waals surface area contributed by atoms with Crippen LogP contribution in [0.3, 0.4) is 0 Å². The lowest BCUT2D eigenvalue weighted by Crippen LogP contribution is -2.28. The molecule has 0 aliphatic carbocycles. The first-order valence-corrected chi connectivity index (χ1v) is 11.0. The number of nitrogens with zero attached hydrogens (tertiary/aromatic N) is 1. The number of H-pyrrole nitrogens is 1. The molecule has 0 saturated carbocycles. The summed E-state index contributed by atoms with van der Waals surface area (Å²) in [4.78, 5) is 30.8. The van der Waals surface area contributed by atoms with E-state index in [-0.39, 0.29) is 18.0 Å². The Morgan fingerprint density at radius 2 is 1.97 bits per heavy atom. The fourth-order valence-electron chi connectivity index (χ4n) is 4.77. The number of benzene rings is 2. The normalized spacial score (nSPS) is 18.2. The predicted molar refractivity (Wildman–Crippen MR) is 121 cm³/mol. The van der Waals surface area contributed by atoms with Crippen molar-refractivity contribution in [2.24, 2.45) is 0 Å². The average molecular weight is 418 g/mol. The van der Waals surface area contributed by atoms with E-state index in [9.17, 15) is 9.59 Å². The number of amides is 3. The molecule has 7 heteroatoms. The lowest BCUT2D eigenvalue weighted by Gasteiger charge is -2.19. The van der Waals surface area contributed by atoms with Crippen molar-refractivity contribution < 1.29 is 9.59 Å². The van der Waals surface area contributed by atoms with Crippen LogP contribution in [0, 0.1) is 0 Å². The molecule has 3 amide bonds. The molecule has 1 atom stereocenters. The molecule has 1 fully saturated rings. The van der Waals surface area contributed by atoms with E-state index in [1.807, 2.05) is 25.1 Å². The molecule has 2 aliphatic heterocycles. The van der Waals surface area contributed by atoms with Crippen molar-refractivity contribution in [3.8, 4) is 0 Å². The summed E-state index contributed by atoms with van der Waals surface area (Å²) in [5.41, 5.74) is 5.56. The van der Waals surface area contributed by atoms with Gasteiger partial charge < -0.3 is 20.9 Å². The Kier molecular flexibility index (Phi) is 5.11. The predicted octanol–water partition coefficient (Wildman–Crippen LogP) is 3.74. The van der Waals surface area contributed by atoms with E-state index in [1.165, 1.54) is 12.8 Å². The van der Waals surface area contributed by atoms with Gasteiger partial charge in [-0.2, -0.15) is 0 Å². The summed E-state index contributed by atoms with van der Waals surface area (Å²) in [6.07, 6.45) is 2.46. The molecule has 3 heterocycles. The lowest BCUT2D eigenvalue weighted by molar-refractivity contribution is 0.0960. The van der Waals surface area contributed by atoms with E-state index < -0.39 is 0 Å². The minimum Gasteiger partial charge on any atom is -0.357 e. The van der Waals surface area contributed by atoms with Gasteiger partial charge in [0, 0.05) is 46.5 Å². The zero-order valence-electron chi connectivity index (χ0n) is 17.6.